The average molecular weight is 353 g/mol. The minimum Gasteiger partial charge on any atom is -0.499 e. The summed E-state index contributed by atoms with van der Waals surface area (Å²) in [5, 5.41) is 10.0. The highest BCUT2D eigenvalue weighted by atomic mass is 16.5. The van der Waals surface area contributed by atoms with Crippen molar-refractivity contribution >= 4 is 5.91 Å². The van der Waals surface area contributed by atoms with E-state index in [-0.39, 0.29) is 18.6 Å². The normalized spacial score (nSPS) is 17.8. The molecule has 0 bridgehead atoms. The van der Waals surface area contributed by atoms with Gasteiger partial charge in [0.05, 0.1) is 32.9 Å². The van der Waals surface area contributed by atoms with E-state index in [1.807, 2.05) is 54.6 Å². The highest BCUT2D eigenvalue weighted by Gasteiger charge is 2.38. The number of amides is 1. The van der Waals surface area contributed by atoms with Crippen LogP contribution in [0.4, 0.5) is 0 Å². The van der Waals surface area contributed by atoms with Crippen molar-refractivity contribution < 1.29 is 19.4 Å². The zero-order valence-electron chi connectivity index (χ0n) is 15.0. The maximum atomic E-state index is 12.7. The minimum absolute atomic E-state index is 0.155. The number of benzene rings is 2. The van der Waals surface area contributed by atoms with Gasteiger partial charge in [-0.15, -0.1) is 0 Å². The Morgan fingerprint density at radius 2 is 1.73 bits per heavy atom. The Balaban J connectivity index is 1.91. The number of aliphatic hydroxyl groups excluding tert-OH is 1. The summed E-state index contributed by atoms with van der Waals surface area (Å²) >= 11 is 0. The summed E-state index contributed by atoms with van der Waals surface area (Å²) in [5.74, 6) is 1.19. The maximum absolute atomic E-state index is 12.7. The molecule has 1 amide bonds. The molecule has 0 saturated carbocycles. The Labute approximate surface area is 153 Å². The molecule has 1 aliphatic rings. The third-order valence-corrected chi connectivity index (χ3v) is 4.70. The summed E-state index contributed by atoms with van der Waals surface area (Å²) in [6.07, 6.45) is 2.14. The van der Waals surface area contributed by atoms with Gasteiger partial charge in [0.2, 0.25) is 0 Å². The second kappa shape index (κ2) is 8.06. The van der Waals surface area contributed by atoms with E-state index in [1.165, 1.54) is 6.08 Å². The van der Waals surface area contributed by atoms with Crippen LogP contribution < -0.4 is 4.74 Å². The van der Waals surface area contributed by atoms with Gasteiger partial charge in [0.25, 0.3) is 5.91 Å². The van der Waals surface area contributed by atoms with Gasteiger partial charge in [-0.25, -0.2) is 0 Å². The van der Waals surface area contributed by atoms with E-state index in [2.05, 4.69) is 0 Å². The number of hydrogen-bond donors (Lipinski definition) is 1. The van der Waals surface area contributed by atoms with Gasteiger partial charge in [-0.2, -0.15) is 0 Å². The van der Waals surface area contributed by atoms with Crippen molar-refractivity contribution in [2.75, 3.05) is 20.8 Å². The van der Waals surface area contributed by atoms with E-state index in [4.69, 9.17) is 9.47 Å². The summed E-state index contributed by atoms with van der Waals surface area (Å²) in [6.45, 7) is -0.172. The summed E-state index contributed by atoms with van der Waals surface area (Å²) in [5.41, 5.74) is 1.96. The van der Waals surface area contributed by atoms with Crippen LogP contribution in [-0.4, -0.2) is 42.8 Å². The van der Waals surface area contributed by atoms with Crippen molar-refractivity contribution in [2.24, 2.45) is 0 Å². The fourth-order valence-corrected chi connectivity index (χ4v) is 3.37. The van der Waals surface area contributed by atoms with Crippen molar-refractivity contribution in [3.8, 4) is 5.75 Å². The first-order valence-corrected chi connectivity index (χ1v) is 8.54. The van der Waals surface area contributed by atoms with Crippen molar-refractivity contribution in [1.29, 1.82) is 0 Å². The lowest BCUT2D eigenvalue weighted by atomic mass is 10.0. The Morgan fingerprint density at radius 1 is 1.04 bits per heavy atom. The zero-order chi connectivity index (χ0) is 18.5. The van der Waals surface area contributed by atoms with E-state index in [9.17, 15) is 9.90 Å². The molecule has 1 heterocycles. The van der Waals surface area contributed by atoms with Gasteiger partial charge in [0.15, 0.2) is 0 Å². The smallest absolute Gasteiger partial charge is 0.251 e. The van der Waals surface area contributed by atoms with Gasteiger partial charge in [0.1, 0.15) is 11.5 Å². The van der Waals surface area contributed by atoms with Gasteiger partial charge in [-0.05, 0) is 23.3 Å². The van der Waals surface area contributed by atoms with Crippen LogP contribution in [0.15, 0.2) is 66.4 Å². The lowest BCUT2D eigenvalue weighted by Gasteiger charge is -2.33. The molecule has 1 N–H and O–H groups in total. The molecule has 136 valence electrons. The second-order valence-electron chi connectivity index (χ2n) is 6.17. The van der Waals surface area contributed by atoms with Gasteiger partial charge in [-0.3, -0.25) is 4.79 Å². The fourth-order valence-electron chi connectivity index (χ4n) is 3.37. The van der Waals surface area contributed by atoms with E-state index in [0.29, 0.717) is 12.2 Å². The lowest BCUT2D eigenvalue weighted by molar-refractivity contribution is -0.129. The molecule has 2 aromatic carbocycles. The molecule has 1 aliphatic heterocycles. The predicted molar refractivity (Wildman–Crippen MR) is 98.7 cm³/mol. The molecule has 0 saturated heterocycles. The van der Waals surface area contributed by atoms with Gasteiger partial charge in [-0.1, -0.05) is 42.5 Å². The monoisotopic (exact) mass is 353 g/mol. The summed E-state index contributed by atoms with van der Waals surface area (Å²) in [6, 6.07) is 16.6. The van der Waals surface area contributed by atoms with Gasteiger partial charge < -0.3 is 19.5 Å². The third-order valence-electron chi connectivity index (χ3n) is 4.70. The zero-order valence-corrected chi connectivity index (χ0v) is 15.0. The van der Waals surface area contributed by atoms with E-state index in [0.717, 1.165) is 16.9 Å². The van der Waals surface area contributed by atoms with Crippen LogP contribution in [0.2, 0.25) is 0 Å². The number of carbonyl (C=O) groups excluding carboxylic acids is 1. The molecule has 0 aliphatic carbocycles. The molecular formula is C21H23NO4. The minimum atomic E-state index is -0.453. The fraction of sp³-hybridized carbons (Fsp3) is 0.286. The summed E-state index contributed by atoms with van der Waals surface area (Å²) in [4.78, 5) is 14.4. The average Bonchev–Trinajstić information content (AvgIpc) is 2.99. The summed E-state index contributed by atoms with van der Waals surface area (Å²) in [7, 11) is 3.18. The molecule has 5 nitrogen and oxygen atoms in total. The van der Waals surface area contributed by atoms with Crippen molar-refractivity contribution in [2.45, 2.75) is 18.5 Å². The molecule has 2 aromatic rings. The maximum Gasteiger partial charge on any atom is 0.251 e. The number of aliphatic hydroxyl groups is 1. The van der Waals surface area contributed by atoms with Crippen LogP contribution in [0.5, 0.6) is 5.75 Å². The molecule has 0 spiro atoms. The number of rotatable bonds is 7. The van der Waals surface area contributed by atoms with Crippen LogP contribution in [0.1, 0.15) is 17.2 Å². The number of nitrogens with zero attached hydrogens (tertiary/aromatic N) is 1. The lowest BCUT2D eigenvalue weighted by Crippen LogP contribution is -2.41. The third kappa shape index (κ3) is 3.58. The molecule has 0 radical (unpaired) electrons. The molecular weight excluding hydrogens is 330 g/mol. The number of methoxy groups -OCH3 is 2. The Hall–Kier alpha value is -2.79. The second-order valence-corrected chi connectivity index (χ2v) is 6.17. The van der Waals surface area contributed by atoms with Crippen LogP contribution in [0.25, 0.3) is 0 Å². The highest BCUT2D eigenvalue weighted by Crippen LogP contribution is 2.33. The van der Waals surface area contributed by atoms with Crippen LogP contribution in [0.3, 0.4) is 0 Å². The Kier molecular flexibility index (Phi) is 5.58. The molecule has 26 heavy (non-hydrogen) atoms. The van der Waals surface area contributed by atoms with E-state index in [1.54, 1.807) is 19.1 Å². The Bertz CT molecular complexity index is 770. The quantitative estimate of drug-likeness (QED) is 0.831. The van der Waals surface area contributed by atoms with Crippen LogP contribution >= 0.6 is 0 Å². The number of hydrogen-bond acceptors (Lipinski definition) is 4. The van der Waals surface area contributed by atoms with Crippen LogP contribution in [0, 0.1) is 0 Å². The van der Waals surface area contributed by atoms with E-state index < -0.39 is 6.04 Å². The highest BCUT2D eigenvalue weighted by molar-refractivity contribution is 5.92. The van der Waals surface area contributed by atoms with Crippen molar-refractivity contribution in [3.63, 3.8) is 0 Å². The van der Waals surface area contributed by atoms with Crippen molar-refractivity contribution in [1.82, 2.24) is 4.90 Å². The molecule has 5 heteroatoms. The Morgan fingerprint density at radius 3 is 2.31 bits per heavy atom. The predicted octanol–water partition coefficient (Wildman–Crippen LogP) is 2.71. The van der Waals surface area contributed by atoms with Gasteiger partial charge in [0, 0.05) is 12.5 Å². The topological polar surface area (TPSA) is 59.0 Å². The first kappa shape index (κ1) is 18.0. The van der Waals surface area contributed by atoms with Gasteiger partial charge >= 0.3 is 0 Å². The molecule has 2 atom stereocenters. The standard InChI is InChI=1S/C21H23NO4/c1-25-17-10-8-16(9-11-17)19(14-23)22-18(20(26-2)13-21(22)24)12-15-6-4-3-5-7-15/h3-11,13,18-19,23H,12,14H2,1-2H3/t18-,19-/m0/s1. The molecule has 0 aromatic heterocycles. The van der Waals surface area contributed by atoms with Crippen molar-refractivity contribution in [3.05, 3.63) is 77.6 Å². The first-order valence-electron chi connectivity index (χ1n) is 8.54. The van der Waals surface area contributed by atoms with Crippen LogP contribution in [-0.2, 0) is 16.0 Å². The largest absolute Gasteiger partial charge is 0.499 e. The summed E-state index contributed by atoms with van der Waals surface area (Å²) < 4.78 is 10.7. The molecule has 0 unspecified atom stereocenters. The first-order chi connectivity index (χ1) is 12.7. The number of carbonyl (C=O) groups is 1. The number of ether oxygens (including phenoxy) is 2. The molecule has 3 rings (SSSR count). The van der Waals surface area contributed by atoms with E-state index >= 15 is 0 Å². The SMILES string of the molecule is COC1=CC(=O)N([C@@H](CO)c2ccc(OC)cc2)[C@H]1Cc1ccccc1. The molecule has 0 fully saturated rings.